The van der Waals surface area contributed by atoms with Gasteiger partial charge in [0.1, 0.15) is 6.04 Å². The van der Waals surface area contributed by atoms with E-state index < -0.39 is 5.97 Å². The zero-order chi connectivity index (χ0) is 14.7. The minimum Gasteiger partial charge on any atom is -0.480 e. The van der Waals surface area contributed by atoms with Gasteiger partial charge in [-0.05, 0) is 64.6 Å². The molecule has 4 heteroatoms. The summed E-state index contributed by atoms with van der Waals surface area (Å²) in [7, 11) is 0. The number of hydrogen-bond acceptors (Lipinski definition) is 3. The van der Waals surface area contributed by atoms with Crippen molar-refractivity contribution < 1.29 is 9.90 Å². The summed E-state index contributed by atoms with van der Waals surface area (Å²) >= 11 is 0. The number of hydrogen-bond donors (Lipinski definition) is 1. The van der Waals surface area contributed by atoms with Gasteiger partial charge in [-0.2, -0.15) is 0 Å². The number of carboxylic acid groups (broad SMARTS) is 1. The van der Waals surface area contributed by atoms with Crippen LogP contribution in [0.15, 0.2) is 0 Å². The van der Waals surface area contributed by atoms with E-state index in [4.69, 9.17) is 0 Å². The second kappa shape index (κ2) is 6.90. The van der Waals surface area contributed by atoms with Gasteiger partial charge in [0.25, 0.3) is 0 Å². The number of carbonyl (C=O) groups is 1. The zero-order valence-electron chi connectivity index (χ0n) is 13.2. The first kappa shape index (κ1) is 15.8. The fraction of sp³-hybridized carbons (Fsp3) is 0.938. The third kappa shape index (κ3) is 3.73. The van der Waals surface area contributed by atoms with Crippen molar-refractivity contribution in [3.8, 4) is 0 Å². The molecule has 1 N–H and O–H groups in total. The molecular formula is C16H30N2O2. The van der Waals surface area contributed by atoms with E-state index in [0.717, 1.165) is 51.2 Å². The molecule has 0 radical (unpaired) electrons. The first-order valence-electron chi connectivity index (χ1n) is 8.21. The van der Waals surface area contributed by atoms with Crippen LogP contribution in [0.5, 0.6) is 0 Å². The standard InChI is InChI=1S/C16H30N2O2/c1-12(2)11-13(3)17-9-6-14(7-10-17)18-8-4-5-15(18)16(19)20/h12-15H,4-11H2,1-3H3,(H,19,20). The van der Waals surface area contributed by atoms with Gasteiger partial charge >= 0.3 is 5.97 Å². The number of rotatable bonds is 5. The molecule has 2 atom stereocenters. The van der Waals surface area contributed by atoms with Crippen molar-refractivity contribution in [2.24, 2.45) is 5.92 Å². The van der Waals surface area contributed by atoms with E-state index in [1.54, 1.807) is 0 Å². The van der Waals surface area contributed by atoms with Gasteiger partial charge in [-0.15, -0.1) is 0 Å². The van der Waals surface area contributed by atoms with Crippen LogP contribution in [-0.2, 0) is 4.79 Å². The molecule has 2 aliphatic rings. The summed E-state index contributed by atoms with van der Waals surface area (Å²) in [6.07, 6.45) is 5.39. The Morgan fingerprint density at radius 2 is 1.80 bits per heavy atom. The third-order valence-corrected chi connectivity index (χ3v) is 4.98. The van der Waals surface area contributed by atoms with E-state index >= 15 is 0 Å². The van der Waals surface area contributed by atoms with Crippen LogP contribution in [-0.4, -0.2) is 58.6 Å². The Labute approximate surface area is 123 Å². The quantitative estimate of drug-likeness (QED) is 0.841. The lowest BCUT2D eigenvalue weighted by molar-refractivity contribution is -0.143. The summed E-state index contributed by atoms with van der Waals surface area (Å²) in [4.78, 5) is 16.1. The second-order valence-corrected chi connectivity index (χ2v) is 6.98. The van der Waals surface area contributed by atoms with Crippen molar-refractivity contribution in [2.75, 3.05) is 19.6 Å². The smallest absolute Gasteiger partial charge is 0.320 e. The summed E-state index contributed by atoms with van der Waals surface area (Å²) in [5.41, 5.74) is 0. The van der Waals surface area contributed by atoms with Crippen molar-refractivity contribution >= 4 is 5.97 Å². The van der Waals surface area contributed by atoms with Crippen molar-refractivity contribution in [2.45, 2.75) is 71.0 Å². The maximum absolute atomic E-state index is 11.3. The predicted octanol–water partition coefficient (Wildman–Crippen LogP) is 2.43. The second-order valence-electron chi connectivity index (χ2n) is 6.98. The molecule has 2 unspecified atom stereocenters. The van der Waals surface area contributed by atoms with E-state index in [2.05, 4.69) is 30.6 Å². The summed E-state index contributed by atoms with van der Waals surface area (Å²) in [5.74, 6) is 0.121. The van der Waals surface area contributed by atoms with E-state index in [-0.39, 0.29) is 6.04 Å². The van der Waals surface area contributed by atoms with Gasteiger partial charge in [0.15, 0.2) is 0 Å². The largest absolute Gasteiger partial charge is 0.480 e. The van der Waals surface area contributed by atoms with Gasteiger partial charge in [0, 0.05) is 12.1 Å². The van der Waals surface area contributed by atoms with Crippen LogP contribution in [0.4, 0.5) is 0 Å². The summed E-state index contributed by atoms with van der Waals surface area (Å²) in [5, 5.41) is 9.30. The highest BCUT2D eigenvalue weighted by Crippen LogP contribution is 2.27. The molecule has 0 saturated carbocycles. The van der Waals surface area contributed by atoms with Crippen molar-refractivity contribution in [1.29, 1.82) is 0 Å². The fourth-order valence-electron chi connectivity index (χ4n) is 3.98. The lowest BCUT2D eigenvalue weighted by atomic mass is 9.97. The van der Waals surface area contributed by atoms with Gasteiger partial charge in [-0.1, -0.05) is 13.8 Å². The van der Waals surface area contributed by atoms with Gasteiger partial charge in [0.05, 0.1) is 0 Å². The Kier molecular flexibility index (Phi) is 5.44. The highest BCUT2D eigenvalue weighted by Gasteiger charge is 2.37. The summed E-state index contributed by atoms with van der Waals surface area (Å²) in [6, 6.07) is 0.922. The Bertz CT molecular complexity index is 324. The molecule has 0 aromatic heterocycles. The monoisotopic (exact) mass is 282 g/mol. The van der Waals surface area contributed by atoms with Crippen LogP contribution in [0, 0.1) is 5.92 Å². The maximum atomic E-state index is 11.3. The topological polar surface area (TPSA) is 43.8 Å². The summed E-state index contributed by atoms with van der Waals surface area (Å²) < 4.78 is 0. The molecule has 0 aliphatic carbocycles. The Morgan fingerprint density at radius 1 is 1.15 bits per heavy atom. The van der Waals surface area contributed by atoms with E-state index in [1.807, 2.05) is 0 Å². The van der Waals surface area contributed by atoms with E-state index in [0.29, 0.717) is 12.1 Å². The SMILES string of the molecule is CC(C)CC(C)N1CCC(N2CCCC2C(=O)O)CC1. The van der Waals surface area contributed by atoms with Crippen molar-refractivity contribution in [3.05, 3.63) is 0 Å². The Hall–Kier alpha value is -0.610. The number of nitrogens with zero attached hydrogens (tertiary/aromatic N) is 2. The van der Waals surface area contributed by atoms with Crippen LogP contribution in [0.2, 0.25) is 0 Å². The summed E-state index contributed by atoms with van der Waals surface area (Å²) in [6.45, 7) is 10.1. The molecule has 2 heterocycles. The molecule has 0 spiro atoms. The first-order chi connectivity index (χ1) is 9.49. The van der Waals surface area contributed by atoms with Crippen LogP contribution >= 0.6 is 0 Å². The highest BCUT2D eigenvalue weighted by molar-refractivity contribution is 5.73. The van der Waals surface area contributed by atoms with Crippen LogP contribution in [0.1, 0.15) is 52.9 Å². The molecule has 0 aromatic carbocycles. The van der Waals surface area contributed by atoms with Crippen LogP contribution in [0.3, 0.4) is 0 Å². The average Bonchev–Trinajstić information content (AvgIpc) is 2.87. The average molecular weight is 282 g/mol. The molecule has 4 nitrogen and oxygen atoms in total. The number of likely N-dealkylation sites (tertiary alicyclic amines) is 2. The minimum atomic E-state index is -0.627. The first-order valence-corrected chi connectivity index (χ1v) is 8.21. The van der Waals surface area contributed by atoms with Gasteiger partial charge < -0.3 is 10.0 Å². The molecule has 20 heavy (non-hydrogen) atoms. The van der Waals surface area contributed by atoms with Crippen LogP contribution in [0.25, 0.3) is 0 Å². The molecule has 116 valence electrons. The minimum absolute atomic E-state index is 0.223. The van der Waals surface area contributed by atoms with E-state index in [9.17, 15) is 9.90 Å². The molecule has 0 amide bonds. The normalized spacial score (nSPS) is 28.1. The molecular weight excluding hydrogens is 252 g/mol. The van der Waals surface area contributed by atoms with Crippen LogP contribution < -0.4 is 0 Å². The molecule has 0 aromatic rings. The molecule has 2 aliphatic heterocycles. The van der Waals surface area contributed by atoms with Gasteiger partial charge in [0.2, 0.25) is 0 Å². The molecule has 2 rings (SSSR count). The number of piperidine rings is 1. The predicted molar refractivity (Wildman–Crippen MR) is 80.9 cm³/mol. The maximum Gasteiger partial charge on any atom is 0.320 e. The number of aliphatic carboxylic acids is 1. The third-order valence-electron chi connectivity index (χ3n) is 4.98. The lowest BCUT2D eigenvalue weighted by Crippen LogP contribution is -2.50. The fourth-order valence-corrected chi connectivity index (χ4v) is 3.98. The molecule has 2 saturated heterocycles. The highest BCUT2D eigenvalue weighted by atomic mass is 16.4. The van der Waals surface area contributed by atoms with Crippen molar-refractivity contribution in [1.82, 2.24) is 9.80 Å². The molecule has 0 bridgehead atoms. The van der Waals surface area contributed by atoms with Gasteiger partial charge in [-0.3, -0.25) is 9.69 Å². The van der Waals surface area contributed by atoms with E-state index in [1.165, 1.54) is 6.42 Å². The lowest BCUT2D eigenvalue weighted by Gasteiger charge is -2.41. The van der Waals surface area contributed by atoms with Gasteiger partial charge in [-0.25, -0.2) is 0 Å². The Balaban J connectivity index is 1.83. The zero-order valence-corrected chi connectivity index (χ0v) is 13.2. The molecule has 2 fully saturated rings. The Morgan fingerprint density at radius 3 is 2.35 bits per heavy atom. The van der Waals surface area contributed by atoms with Crippen molar-refractivity contribution in [3.63, 3.8) is 0 Å². The number of carboxylic acids is 1.